The van der Waals surface area contributed by atoms with Crippen molar-refractivity contribution in [1.82, 2.24) is 0 Å². The Kier molecular flexibility index (Phi) is 8.29. The van der Waals surface area contributed by atoms with Gasteiger partial charge in [-0.2, -0.15) is 8.78 Å². The van der Waals surface area contributed by atoms with Gasteiger partial charge in [0.2, 0.25) is 0 Å². The van der Waals surface area contributed by atoms with Gasteiger partial charge in [0.25, 0.3) is 0 Å². The maximum absolute atomic E-state index is 14.8. The molecule has 0 saturated heterocycles. The molecule has 0 unspecified atom stereocenters. The minimum atomic E-state index is -4.11. The molecular formula is C31H18F8O. The molecule has 0 spiro atoms. The Balaban J connectivity index is 1.53. The SMILES string of the molecule is C=CCCc1ccc(C(F)(F)Oc2ccc(-c3ccc(C#Cc4cc(F)c(F)c(F)c4)c(F)c3)c(F)c2)c(F)c1. The maximum atomic E-state index is 14.8. The van der Waals surface area contributed by atoms with Crippen molar-refractivity contribution in [2.45, 2.75) is 19.0 Å². The second kappa shape index (κ2) is 11.7. The molecule has 4 aromatic carbocycles. The van der Waals surface area contributed by atoms with Crippen LogP contribution >= 0.6 is 0 Å². The number of benzene rings is 4. The average Bonchev–Trinajstić information content (AvgIpc) is 2.89. The van der Waals surface area contributed by atoms with Gasteiger partial charge in [0.1, 0.15) is 23.2 Å². The van der Waals surface area contributed by atoms with Gasteiger partial charge in [-0.05, 0) is 72.5 Å². The molecule has 9 heteroatoms. The van der Waals surface area contributed by atoms with E-state index in [0.29, 0.717) is 36.6 Å². The highest BCUT2D eigenvalue weighted by Gasteiger charge is 2.38. The van der Waals surface area contributed by atoms with Crippen molar-refractivity contribution in [2.24, 2.45) is 0 Å². The van der Waals surface area contributed by atoms with Gasteiger partial charge in [0, 0.05) is 17.2 Å². The van der Waals surface area contributed by atoms with E-state index in [1.807, 2.05) is 0 Å². The van der Waals surface area contributed by atoms with E-state index < -0.39 is 52.3 Å². The van der Waals surface area contributed by atoms with Crippen LogP contribution in [0.2, 0.25) is 0 Å². The van der Waals surface area contributed by atoms with E-state index in [4.69, 9.17) is 0 Å². The van der Waals surface area contributed by atoms with Gasteiger partial charge < -0.3 is 4.74 Å². The van der Waals surface area contributed by atoms with Gasteiger partial charge in [0.05, 0.1) is 11.1 Å². The molecule has 40 heavy (non-hydrogen) atoms. The van der Waals surface area contributed by atoms with E-state index >= 15 is 0 Å². The minimum absolute atomic E-state index is 0.0267. The van der Waals surface area contributed by atoms with Crippen molar-refractivity contribution in [3.63, 3.8) is 0 Å². The number of halogens is 8. The Morgan fingerprint density at radius 3 is 2.08 bits per heavy atom. The lowest BCUT2D eigenvalue weighted by Gasteiger charge is -2.19. The van der Waals surface area contributed by atoms with Crippen LogP contribution in [-0.2, 0) is 12.5 Å². The zero-order valence-corrected chi connectivity index (χ0v) is 20.5. The molecule has 0 bridgehead atoms. The molecule has 0 aliphatic heterocycles. The molecule has 0 N–H and O–H groups in total. The van der Waals surface area contributed by atoms with Gasteiger partial charge in [-0.1, -0.05) is 30.0 Å². The molecule has 1 nitrogen and oxygen atoms in total. The van der Waals surface area contributed by atoms with Gasteiger partial charge in [-0.3, -0.25) is 0 Å². The summed E-state index contributed by atoms with van der Waals surface area (Å²) >= 11 is 0. The standard InChI is InChI=1S/C31H18F8O/c1-2-3-4-18-6-12-24(27(34)13-18)31(38,39)40-22-10-11-23(26(33)17-22)21-9-8-20(25(32)16-21)7-5-19-14-28(35)30(37)29(36)15-19/h2,6,8-17H,1,3-4H2. The normalized spacial score (nSPS) is 11.1. The highest BCUT2D eigenvalue weighted by Crippen LogP contribution is 2.35. The van der Waals surface area contributed by atoms with Crippen LogP contribution in [0.15, 0.2) is 79.4 Å². The van der Waals surface area contributed by atoms with E-state index in [1.54, 1.807) is 6.08 Å². The summed E-state index contributed by atoms with van der Waals surface area (Å²) in [6.07, 6.45) is -1.54. The highest BCUT2D eigenvalue weighted by molar-refractivity contribution is 5.66. The summed E-state index contributed by atoms with van der Waals surface area (Å²) in [6, 6.07) is 10.6. The lowest BCUT2D eigenvalue weighted by Crippen LogP contribution is -2.23. The van der Waals surface area contributed by atoms with Crippen LogP contribution in [0.1, 0.15) is 28.7 Å². The van der Waals surface area contributed by atoms with E-state index in [-0.39, 0.29) is 22.3 Å². The fourth-order valence-corrected chi connectivity index (χ4v) is 3.77. The van der Waals surface area contributed by atoms with Crippen LogP contribution in [0.3, 0.4) is 0 Å². The largest absolute Gasteiger partial charge is 0.429 e. The van der Waals surface area contributed by atoms with Crippen LogP contribution in [0.25, 0.3) is 11.1 Å². The summed E-state index contributed by atoms with van der Waals surface area (Å²) in [7, 11) is 0. The molecule has 0 saturated carbocycles. The third-order valence-electron chi connectivity index (χ3n) is 5.78. The maximum Gasteiger partial charge on any atom is 0.429 e. The average molecular weight is 558 g/mol. The number of ether oxygens (including phenoxy) is 1. The Morgan fingerprint density at radius 1 is 0.725 bits per heavy atom. The predicted octanol–water partition coefficient (Wildman–Crippen LogP) is 8.83. The molecule has 4 rings (SSSR count). The lowest BCUT2D eigenvalue weighted by atomic mass is 10.0. The summed E-state index contributed by atoms with van der Waals surface area (Å²) in [4.78, 5) is 0. The molecule has 0 aliphatic rings. The molecule has 0 heterocycles. The minimum Gasteiger partial charge on any atom is -0.429 e. The van der Waals surface area contributed by atoms with Crippen molar-refractivity contribution < 1.29 is 39.9 Å². The Labute approximate surface area is 224 Å². The van der Waals surface area contributed by atoms with Gasteiger partial charge >= 0.3 is 6.11 Å². The summed E-state index contributed by atoms with van der Waals surface area (Å²) < 4.78 is 117. The number of hydrogen-bond donors (Lipinski definition) is 0. The second-order valence-corrected chi connectivity index (χ2v) is 8.60. The zero-order chi connectivity index (χ0) is 29.0. The van der Waals surface area contributed by atoms with Crippen molar-refractivity contribution in [3.05, 3.63) is 137 Å². The van der Waals surface area contributed by atoms with Crippen molar-refractivity contribution >= 4 is 0 Å². The number of alkyl halides is 2. The van der Waals surface area contributed by atoms with E-state index in [2.05, 4.69) is 23.2 Å². The van der Waals surface area contributed by atoms with Crippen LogP contribution in [0.5, 0.6) is 5.75 Å². The molecule has 0 atom stereocenters. The first-order valence-corrected chi connectivity index (χ1v) is 11.7. The summed E-state index contributed by atoms with van der Waals surface area (Å²) in [5.74, 6) is -3.62. The fourth-order valence-electron chi connectivity index (χ4n) is 3.77. The first-order valence-electron chi connectivity index (χ1n) is 11.7. The van der Waals surface area contributed by atoms with Crippen LogP contribution in [0, 0.1) is 46.7 Å². The fraction of sp³-hybridized carbons (Fsp3) is 0.0968. The number of rotatable bonds is 7. The van der Waals surface area contributed by atoms with E-state index in [0.717, 1.165) is 30.3 Å². The zero-order valence-electron chi connectivity index (χ0n) is 20.5. The monoisotopic (exact) mass is 558 g/mol. The van der Waals surface area contributed by atoms with Crippen molar-refractivity contribution in [3.8, 4) is 28.7 Å². The van der Waals surface area contributed by atoms with E-state index in [1.165, 1.54) is 18.2 Å². The quantitative estimate of drug-likeness (QED) is 0.0953. The first kappa shape index (κ1) is 28.4. The Morgan fingerprint density at radius 2 is 1.45 bits per heavy atom. The lowest BCUT2D eigenvalue weighted by molar-refractivity contribution is -0.187. The molecule has 0 radical (unpaired) electrons. The topological polar surface area (TPSA) is 9.23 Å². The molecule has 0 fully saturated rings. The van der Waals surface area contributed by atoms with Crippen LogP contribution in [-0.4, -0.2) is 0 Å². The smallest absolute Gasteiger partial charge is 0.429 e. The number of aryl methyl sites for hydroxylation is 1. The van der Waals surface area contributed by atoms with Gasteiger partial charge in [-0.25, -0.2) is 26.3 Å². The van der Waals surface area contributed by atoms with Crippen molar-refractivity contribution in [1.29, 1.82) is 0 Å². The van der Waals surface area contributed by atoms with E-state index in [9.17, 15) is 35.1 Å². The summed E-state index contributed by atoms with van der Waals surface area (Å²) in [5.41, 5.74) is -1.10. The predicted molar refractivity (Wildman–Crippen MR) is 134 cm³/mol. The van der Waals surface area contributed by atoms with Crippen LogP contribution < -0.4 is 4.74 Å². The van der Waals surface area contributed by atoms with Crippen molar-refractivity contribution in [2.75, 3.05) is 0 Å². The molecule has 0 amide bonds. The molecular weight excluding hydrogens is 540 g/mol. The molecule has 4 aromatic rings. The number of allylic oxidation sites excluding steroid dienone is 1. The third kappa shape index (κ3) is 6.34. The molecule has 204 valence electrons. The summed E-state index contributed by atoms with van der Waals surface area (Å²) in [5, 5.41) is 0. The highest BCUT2D eigenvalue weighted by atomic mass is 19.3. The third-order valence-corrected chi connectivity index (χ3v) is 5.78. The first-order chi connectivity index (χ1) is 19.0. The summed E-state index contributed by atoms with van der Waals surface area (Å²) in [6.45, 7) is 3.55. The second-order valence-electron chi connectivity index (χ2n) is 8.60. The molecule has 0 aromatic heterocycles. The van der Waals surface area contributed by atoms with Gasteiger partial charge in [-0.15, -0.1) is 6.58 Å². The van der Waals surface area contributed by atoms with Crippen LogP contribution in [0.4, 0.5) is 35.1 Å². The van der Waals surface area contributed by atoms with Gasteiger partial charge in [0.15, 0.2) is 17.5 Å². The Bertz CT molecular complexity index is 1630. The Hall–Kier alpha value is -4.58. The molecule has 0 aliphatic carbocycles. The number of hydrogen-bond acceptors (Lipinski definition) is 1.